The van der Waals surface area contributed by atoms with Crippen molar-refractivity contribution in [1.29, 1.82) is 0 Å². The number of benzene rings is 1. The van der Waals surface area contributed by atoms with Crippen molar-refractivity contribution in [3.8, 4) is 0 Å². The highest BCUT2D eigenvalue weighted by molar-refractivity contribution is 9.08. The fraction of sp³-hybridized carbons (Fsp3) is 0.538. The lowest BCUT2D eigenvalue weighted by Crippen LogP contribution is -2.37. The molecule has 1 nitrogen and oxygen atoms in total. The Hall–Kier alpha value is -0.500. The third kappa shape index (κ3) is 2.36. The Morgan fingerprint density at radius 3 is 2.87 bits per heavy atom. The van der Waals surface area contributed by atoms with Crippen LogP contribution in [-0.2, 0) is 5.33 Å². The molecule has 82 valence electrons. The number of hydrogen-bond acceptors (Lipinski definition) is 1. The van der Waals surface area contributed by atoms with Crippen molar-refractivity contribution in [2.24, 2.45) is 0 Å². The Kier molecular flexibility index (Phi) is 3.68. The molecule has 0 aromatic heterocycles. The van der Waals surface area contributed by atoms with Crippen LogP contribution in [0.1, 0.15) is 31.7 Å². The molecule has 1 atom stereocenters. The van der Waals surface area contributed by atoms with Crippen molar-refractivity contribution in [3.63, 3.8) is 0 Å². The molecule has 0 bridgehead atoms. The molecule has 1 fully saturated rings. The molecule has 0 amide bonds. The first-order valence-corrected chi connectivity index (χ1v) is 6.85. The van der Waals surface area contributed by atoms with Crippen LogP contribution in [0.15, 0.2) is 24.3 Å². The summed E-state index contributed by atoms with van der Waals surface area (Å²) in [5.41, 5.74) is 2.83. The van der Waals surface area contributed by atoms with Gasteiger partial charge in [-0.3, -0.25) is 0 Å². The zero-order chi connectivity index (χ0) is 10.7. The summed E-state index contributed by atoms with van der Waals surface area (Å²) >= 11 is 3.57. The van der Waals surface area contributed by atoms with Gasteiger partial charge in [-0.15, -0.1) is 0 Å². The summed E-state index contributed by atoms with van der Waals surface area (Å²) in [5, 5.41) is 0.951. The summed E-state index contributed by atoms with van der Waals surface area (Å²) in [6.45, 7) is 3.55. The second-order valence-corrected chi connectivity index (χ2v) is 4.86. The lowest BCUT2D eigenvalue weighted by molar-refractivity contribution is 0.484. The molecular weight excluding hydrogens is 250 g/mol. The summed E-state index contributed by atoms with van der Waals surface area (Å²) in [5.74, 6) is 0. The predicted molar refractivity (Wildman–Crippen MR) is 69.7 cm³/mol. The first kappa shape index (κ1) is 11.0. The van der Waals surface area contributed by atoms with Crippen molar-refractivity contribution >= 4 is 21.6 Å². The highest BCUT2D eigenvalue weighted by atomic mass is 79.9. The van der Waals surface area contributed by atoms with Crippen LogP contribution in [0.4, 0.5) is 5.69 Å². The van der Waals surface area contributed by atoms with Crippen LogP contribution in [0, 0.1) is 0 Å². The quantitative estimate of drug-likeness (QED) is 0.734. The van der Waals surface area contributed by atoms with Gasteiger partial charge >= 0.3 is 0 Å². The summed E-state index contributed by atoms with van der Waals surface area (Å²) < 4.78 is 0. The molecule has 0 aliphatic carbocycles. The molecule has 15 heavy (non-hydrogen) atoms. The summed E-state index contributed by atoms with van der Waals surface area (Å²) in [6.07, 6.45) is 4.05. The van der Waals surface area contributed by atoms with Crippen molar-refractivity contribution in [2.75, 3.05) is 11.4 Å². The molecule has 2 rings (SSSR count). The molecule has 1 heterocycles. The van der Waals surface area contributed by atoms with Crippen LogP contribution in [0.3, 0.4) is 0 Å². The van der Waals surface area contributed by atoms with Gasteiger partial charge in [-0.25, -0.2) is 0 Å². The third-order valence-electron chi connectivity index (χ3n) is 3.25. The van der Waals surface area contributed by atoms with Crippen molar-refractivity contribution in [2.45, 2.75) is 37.6 Å². The van der Waals surface area contributed by atoms with Gasteiger partial charge in [0.25, 0.3) is 0 Å². The monoisotopic (exact) mass is 267 g/mol. The number of rotatable bonds is 2. The lowest BCUT2D eigenvalue weighted by Gasteiger charge is -2.36. The van der Waals surface area contributed by atoms with E-state index in [9.17, 15) is 0 Å². The van der Waals surface area contributed by atoms with E-state index < -0.39 is 0 Å². The third-order valence-corrected chi connectivity index (χ3v) is 3.85. The maximum Gasteiger partial charge on any atom is 0.0409 e. The minimum atomic E-state index is 0.693. The summed E-state index contributed by atoms with van der Waals surface area (Å²) in [7, 11) is 0. The fourth-order valence-corrected chi connectivity index (χ4v) is 2.83. The SMILES string of the molecule is CC1CCCCN1c1ccccc1CBr. The smallest absolute Gasteiger partial charge is 0.0409 e. The summed E-state index contributed by atoms with van der Waals surface area (Å²) in [4.78, 5) is 2.56. The average Bonchev–Trinajstić information content (AvgIpc) is 2.30. The lowest BCUT2D eigenvalue weighted by atomic mass is 10.0. The number of halogens is 1. The van der Waals surface area contributed by atoms with E-state index in [-0.39, 0.29) is 0 Å². The van der Waals surface area contributed by atoms with Gasteiger partial charge in [-0.1, -0.05) is 34.1 Å². The minimum Gasteiger partial charge on any atom is -0.369 e. The topological polar surface area (TPSA) is 3.24 Å². The highest BCUT2D eigenvalue weighted by Gasteiger charge is 2.19. The zero-order valence-corrected chi connectivity index (χ0v) is 10.8. The van der Waals surface area contributed by atoms with Gasteiger partial charge in [0.1, 0.15) is 0 Å². The van der Waals surface area contributed by atoms with Crippen LogP contribution in [0.5, 0.6) is 0 Å². The average molecular weight is 268 g/mol. The number of hydrogen-bond donors (Lipinski definition) is 0. The Morgan fingerprint density at radius 2 is 2.13 bits per heavy atom. The number of nitrogens with zero attached hydrogens (tertiary/aromatic N) is 1. The number of piperidine rings is 1. The van der Waals surface area contributed by atoms with E-state index in [1.54, 1.807) is 0 Å². The van der Waals surface area contributed by atoms with Crippen molar-refractivity contribution in [1.82, 2.24) is 0 Å². The van der Waals surface area contributed by atoms with Crippen LogP contribution in [0.2, 0.25) is 0 Å². The molecule has 2 heteroatoms. The van der Waals surface area contributed by atoms with Gasteiger partial charge in [-0.05, 0) is 37.8 Å². The molecule has 0 radical (unpaired) electrons. The molecular formula is C13H18BrN. The second kappa shape index (κ2) is 5.02. The Morgan fingerprint density at radius 1 is 1.33 bits per heavy atom. The summed E-state index contributed by atoms with van der Waals surface area (Å²) in [6, 6.07) is 9.42. The van der Waals surface area contributed by atoms with Gasteiger partial charge < -0.3 is 4.90 Å². The maximum atomic E-state index is 3.57. The van der Waals surface area contributed by atoms with Gasteiger partial charge in [0.15, 0.2) is 0 Å². The van der Waals surface area contributed by atoms with Gasteiger partial charge in [0.2, 0.25) is 0 Å². The number of anilines is 1. The van der Waals surface area contributed by atoms with E-state index in [0.29, 0.717) is 6.04 Å². The number of alkyl halides is 1. The van der Waals surface area contributed by atoms with Gasteiger partial charge in [-0.2, -0.15) is 0 Å². The van der Waals surface area contributed by atoms with Crippen molar-refractivity contribution < 1.29 is 0 Å². The molecule has 1 saturated heterocycles. The normalized spacial score (nSPS) is 21.7. The molecule has 1 aromatic rings. The number of para-hydroxylation sites is 1. The second-order valence-electron chi connectivity index (χ2n) is 4.30. The van der Waals surface area contributed by atoms with Crippen LogP contribution >= 0.6 is 15.9 Å². The fourth-order valence-electron chi connectivity index (χ4n) is 2.36. The van der Waals surface area contributed by atoms with E-state index in [1.165, 1.54) is 37.1 Å². The van der Waals surface area contributed by atoms with E-state index >= 15 is 0 Å². The maximum absolute atomic E-state index is 3.57. The molecule has 0 saturated carbocycles. The largest absolute Gasteiger partial charge is 0.369 e. The Bertz CT molecular complexity index is 324. The van der Waals surface area contributed by atoms with Gasteiger partial charge in [0.05, 0.1) is 0 Å². The van der Waals surface area contributed by atoms with Gasteiger partial charge in [0, 0.05) is 23.6 Å². The van der Waals surface area contributed by atoms with E-state index in [0.717, 1.165) is 5.33 Å². The van der Waals surface area contributed by atoms with E-state index in [4.69, 9.17) is 0 Å². The van der Waals surface area contributed by atoms with Crippen LogP contribution in [0.25, 0.3) is 0 Å². The molecule has 0 N–H and O–H groups in total. The van der Waals surface area contributed by atoms with E-state index in [1.807, 2.05) is 0 Å². The molecule has 1 aromatic carbocycles. The van der Waals surface area contributed by atoms with Crippen LogP contribution < -0.4 is 4.90 Å². The molecule has 1 aliphatic heterocycles. The Balaban J connectivity index is 2.26. The predicted octanol–water partition coefficient (Wildman–Crippen LogP) is 3.96. The molecule has 1 unspecified atom stereocenters. The van der Waals surface area contributed by atoms with Crippen molar-refractivity contribution in [3.05, 3.63) is 29.8 Å². The highest BCUT2D eigenvalue weighted by Crippen LogP contribution is 2.28. The first-order valence-electron chi connectivity index (χ1n) is 5.73. The first-order chi connectivity index (χ1) is 7.33. The minimum absolute atomic E-state index is 0.693. The van der Waals surface area contributed by atoms with Crippen LogP contribution in [-0.4, -0.2) is 12.6 Å². The zero-order valence-electron chi connectivity index (χ0n) is 9.25. The standard InChI is InChI=1S/C13H18BrN/c1-11-6-4-5-9-15(11)13-8-3-2-7-12(13)10-14/h2-3,7-8,11H,4-6,9-10H2,1H3. The Labute approximate surface area is 101 Å². The molecule has 1 aliphatic rings. The van der Waals surface area contributed by atoms with E-state index in [2.05, 4.69) is 52.0 Å². The molecule has 0 spiro atoms.